The number of fused-ring (bicyclic) bond motifs is 1. The van der Waals surface area contributed by atoms with Crippen LogP contribution in [0.1, 0.15) is 58.8 Å². The highest BCUT2D eigenvalue weighted by atomic mass is 16.6. The molecule has 0 aromatic carbocycles. The lowest BCUT2D eigenvalue weighted by Crippen LogP contribution is -2.35. The van der Waals surface area contributed by atoms with Crippen molar-refractivity contribution in [1.82, 2.24) is 0 Å². The highest BCUT2D eigenvalue weighted by Crippen LogP contribution is 2.49. The summed E-state index contributed by atoms with van der Waals surface area (Å²) >= 11 is 0. The van der Waals surface area contributed by atoms with Crippen molar-refractivity contribution in [3.8, 4) is 0 Å². The van der Waals surface area contributed by atoms with E-state index in [9.17, 15) is 19.8 Å². The van der Waals surface area contributed by atoms with Crippen LogP contribution in [0, 0.1) is 11.8 Å². The normalized spacial score (nSPS) is 40.2. The Balaban J connectivity index is 1.31. The maximum Gasteiger partial charge on any atom is 0.309 e. The van der Waals surface area contributed by atoms with Gasteiger partial charge in [-0.15, -0.1) is 0 Å². The van der Waals surface area contributed by atoms with Crippen LogP contribution in [-0.4, -0.2) is 58.8 Å². The minimum Gasteiger partial charge on any atom is -0.463 e. The molecule has 4 unspecified atom stereocenters. The predicted molar refractivity (Wildman–Crippen MR) is 91.1 cm³/mol. The van der Waals surface area contributed by atoms with E-state index in [0.29, 0.717) is 32.1 Å². The SMILES string of the molecule is CC1(O)CCC(C(=O)OCC(O)COC(=O)C2CCC3(C)OC3C2)CC1. The molecular weight excluding hydrogens is 340 g/mol. The topological polar surface area (TPSA) is 106 Å². The largest absolute Gasteiger partial charge is 0.463 e. The molecule has 3 aliphatic rings. The molecule has 148 valence electrons. The van der Waals surface area contributed by atoms with E-state index >= 15 is 0 Å². The third-order valence-corrected chi connectivity index (χ3v) is 6.09. The van der Waals surface area contributed by atoms with Crippen molar-refractivity contribution in [1.29, 1.82) is 0 Å². The van der Waals surface area contributed by atoms with Gasteiger partial charge in [-0.05, 0) is 58.8 Å². The summed E-state index contributed by atoms with van der Waals surface area (Å²) in [5, 5.41) is 19.8. The first-order valence-electron chi connectivity index (χ1n) is 9.60. The summed E-state index contributed by atoms with van der Waals surface area (Å²) in [5.74, 6) is -1.09. The molecule has 0 aromatic rings. The van der Waals surface area contributed by atoms with Gasteiger partial charge in [-0.1, -0.05) is 0 Å². The molecule has 1 aliphatic heterocycles. The van der Waals surface area contributed by atoms with Crippen molar-refractivity contribution in [3.05, 3.63) is 0 Å². The third-order valence-electron chi connectivity index (χ3n) is 6.09. The Kier molecular flexibility index (Phi) is 5.61. The van der Waals surface area contributed by atoms with E-state index in [1.165, 1.54) is 0 Å². The molecule has 2 aliphatic carbocycles. The number of carbonyl (C=O) groups excluding carboxylic acids is 2. The molecule has 7 heteroatoms. The van der Waals surface area contributed by atoms with Gasteiger partial charge >= 0.3 is 11.9 Å². The summed E-state index contributed by atoms with van der Waals surface area (Å²) in [6.45, 7) is 3.47. The van der Waals surface area contributed by atoms with E-state index in [4.69, 9.17) is 14.2 Å². The van der Waals surface area contributed by atoms with Crippen LogP contribution in [-0.2, 0) is 23.8 Å². The van der Waals surface area contributed by atoms with Gasteiger partial charge in [0.15, 0.2) is 0 Å². The van der Waals surface area contributed by atoms with Crippen LogP contribution in [0.15, 0.2) is 0 Å². The van der Waals surface area contributed by atoms with Gasteiger partial charge in [-0.25, -0.2) is 0 Å². The number of esters is 2. The summed E-state index contributed by atoms with van der Waals surface area (Å²) in [5.41, 5.74) is -0.746. The van der Waals surface area contributed by atoms with Crippen LogP contribution in [0.5, 0.6) is 0 Å². The predicted octanol–water partition coefficient (Wildman–Crippen LogP) is 1.33. The van der Waals surface area contributed by atoms with Gasteiger partial charge in [0.1, 0.15) is 19.3 Å². The minimum atomic E-state index is -1.03. The molecule has 1 heterocycles. The molecule has 0 amide bonds. The molecule has 1 saturated heterocycles. The molecule has 3 fully saturated rings. The van der Waals surface area contributed by atoms with Gasteiger partial charge in [0.05, 0.1) is 29.1 Å². The molecule has 3 rings (SSSR count). The van der Waals surface area contributed by atoms with Gasteiger partial charge < -0.3 is 24.4 Å². The Morgan fingerprint density at radius 2 is 1.58 bits per heavy atom. The van der Waals surface area contributed by atoms with Crippen molar-refractivity contribution in [2.75, 3.05) is 13.2 Å². The van der Waals surface area contributed by atoms with Gasteiger partial charge in [-0.2, -0.15) is 0 Å². The van der Waals surface area contributed by atoms with E-state index in [0.717, 1.165) is 12.8 Å². The van der Waals surface area contributed by atoms with Gasteiger partial charge in [-0.3, -0.25) is 9.59 Å². The first-order valence-corrected chi connectivity index (χ1v) is 9.60. The molecular formula is C19H30O7. The van der Waals surface area contributed by atoms with Crippen molar-refractivity contribution in [2.24, 2.45) is 11.8 Å². The van der Waals surface area contributed by atoms with Crippen LogP contribution in [0.4, 0.5) is 0 Å². The van der Waals surface area contributed by atoms with Gasteiger partial charge in [0.2, 0.25) is 0 Å². The Labute approximate surface area is 154 Å². The molecule has 7 nitrogen and oxygen atoms in total. The first kappa shape index (κ1) is 19.6. The number of ether oxygens (including phenoxy) is 3. The average molecular weight is 370 g/mol. The molecule has 0 spiro atoms. The monoisotopic (exact) mass is 370 g/mol. The molecule has 0 aromatic heterocycles. The second-order valence-electron chi connectivity index (χ2n) is 8.58. The second kappa shape index (κ2) is 7.44. The lowest BCUT2D eigenvalue weighted by Gasteiger charge is -2.31. The number of aliphatic hydroxyl groups excluding tert-OH is 1. The number of hydrogen-bond donors (Lipinski definition) is 2. The average Bonchev–Trinajstić information content (AvgIpc) is 3.27. The van der Waals surface area contributed by atoms with Crippen molar-refractivity contribution in [3.63, 3.8) is 0 Å². The summed E-state index contributed by atoms with van der Waals surface area (Å²) < 4.78 is 15.9. The molecule has 26 heavy (non-hydrogen) atoms. The number of epoxide rings is 1. The molecule has 2 saturated carbocycles. The first-order chi connectivity index (χ1) is 12.2. The summed E-state index contributed by atoms with van der Waals surface area (Å²) in [7, 11) is 0. The van der Waals surface area contributed by atoms with Gasteiger partial charge in [0.25, 0.3) is 0 Å². The smallest absolute Gasteiger partial charge is 0.309 e. The second-order valence-corrected chi connectivity index (χ2v) is 8.58. The zero-order valence-corrected chi connectivity index (χ0v) is 15.6. The van der Waals surface area contributed by atoms with Crippen LogP contribution >= 0.6 is 0 Å². The lowest BCUT2D eigenvalue weighted by atomic mass is 9.80. The Bertz CT molecular complexity index is 536. The lowest BCUT2D eigenvalue weighted by molar-refractivity contribution is -0.159. The maximum atomic E-state index is 12.1. The molecule has 2 N–H and O–H groups in total. The van der Waals surface area contributed by atoms with E-state index in [1.54, 1.807) is 6.92 Å². The van der Waals surface area contributed by atoms with Crippen LogP contribution < -0.4 is 0 Å². The van der Waals surface area contributed by atoms with E-state index in [1.807, 2.05) is 0 Å². The van der Waals surface area contributed by atoms with Crippen LogP contribution in [0.25, 0.3) is 0 Å². The van der Waals surface area contributed by atoms with Gasteiger partial charge in [0, 0.05) is 0 Å². The highest BCUT2D eigenvalue weighted by molar-refractivity contribution is 5.73. The van der Waals surface area contributed by atoms with Crippen molar-refractivity contribution in [2.45, 2.75) is 82.2 Å². The number of rotatable bonds is 6. The fourth-order valence-electron chi connectivity index (χ4n) is 3.98. The van der Waals surface area contributed by atoms with Crippen LogP contribution in [0.3, 0.4) is 0 Å². The fraction of sp³-hybridized carbons (Fsp3) is 0.895. The van der Waals surface area contributed by atoms with Crippen molar-refractivity contribution >= 4 is 11.9 Å². The zero-order valence-electron chi connectivity index (χ0n) is 15.6. The molecule has 0 bridgehead atoms. The zero-order chi connectivity index (χ0) is 18.9. The molecule has 0 radical (unpaired) electrons. The maximum absolute atomic E-state index is 12.1. The third kappa shape index (κ3) is 4.75. The summed E-state index contributed by atoms with van der Waals surface area (Å²) in [6.07, 6.45) is 3.69. The summed E-state index contributed by atoms with van der Waals surface area (Å²) in [4.78, 5) is 24.1. The highest BCUT2D eigenvalue weighted by Gasteiger charge is 2.56. The van der Waals surface area contributed by atoms with E-state index in [-0.39, 0.29) is 48.7 Å². The number of hydrogen-bond acceptors (Lipinski definition) is 7. The number of aliphatic hydroxyl groups is 2. The fourth-order valence-corrected chi connectivity index (χ4v) is 3.98. The number of carbonyl (C=O) groups is 2. The van der Waals surface area contributed by atoms with Crippen LogP contribution in [0.2, 0.25) is 0 Å². The molecule has 4 atom stereocenters. The quantitative estimate of drug-likeness (QED) is 0.537. The Hall–Kier alpha value is -1.18. The van der Waals surface area contributed by atoms with Crippen molar-refractivity contribution < 1.29 is 34.0 Å². The summed E-state index contributed by atoms with van der Waals surface area (Å²) in [6, 6.07) is 0. The standard InChI is InChI=1S/C19H30O7/c1-18(23)6-3-12(4-7-18)16(21)24-10-14(20)11-25-17(22)13-5-8-19(2)15(9-13)26-19/h12-15,20,23H,3-11H2,1-2H3. The van der Waals surface area contributed by atoms with E-state index in [2.05, 4.69) is 6.92 Å². The van der Waals surface area contributed by atoms with E-state index < -0.39 is 11.7 Å². The minimum absolute atomic E-state index is 0.0446. The Morgan fingerprint density at radius 3 is 2.15 bits per heavy atom. The Morgan fingerprint density at radius 1 is 1.04 bits per heavy atom.